The minimum absolute atomic E-state index is 0. The van der Waals surface area contributed by atoms with Gasteiger partial charge in [0.2, 0.25) is 0 Å². The molecule has 6 aromatic carbocycles. The molecule has 0 radical (unpaired) electrons. The Morgan fingerprint density at radius 1 is 0.405 bits per heavy atom. The van der Waals surface area contributed by atoms with Gasteiger partial charge in [-0.3, -0.25) is 0 Å². The van der Waals surface area contributed by atoms with E-state index in [2.05, 4.69) is 289 Å². The summed E-state index contributed by atoms with van der Waals surface area (Å²) < 4.78 is 22.9. The van der Waals surface area contributed by atoms with E-state index in [4.69, 9.17) is 18.9 Å². The molecular formula is C118H182O6S7+6. The normalized spacial score (nSPS) is 33.3. The Morgan fingerprint density at radius 2 is 0.687 bits per heavy atom. The molecule has 21 rings (SSSR count). The number of ether oxygens (including phenoxy) is 4. The summed E-state index contributed by atoms with van der Waals surface area (Å²) in [4.78, 5) is 21.4. The van der Waals surface area contributed by atoms with E-state index < -0.39 is 5.60 Å². The van der Waals surface area contributed by atoms with Crippen molar-refractivity contribution in [3.05, 3.63) is 203 Å². The molecule has 15 fully saturated rings. The Bertz CT molecular complexity index is 4480. The number of aliphatic hydroxyl groups is 1. The molecule has 0 amide bonds. The van der Waals surface area contributed by atoms with Crippen LogP contribution in [0.3, 0.4) is 0 Å². The Kier molecular flexibility index (Phi) is 36.6. The van der Waals surface area contributed by atoms with Gasteiger partial charge in [-0.25, -0.2) is 4.79 Å². The maximum atomic E-state index is 11.7. The van der Waals surface area contributed by atoms with Crippen molar-refractivity contribution < 1.29 is 28.8 Å². The zero-order chi connectivity index (χ0) is 88.7. The van der Waals surface area contributed by atoms with Crippen LogP contribution in [0.1, 0.15) is 358 Å². The summed E-state index contributed by atoms with van der Waals surface area (Å²) in [5.74, 6) is 3.09. The van der Waals surface area contributed by atoms with Crippen LogP contribution in [-0.2, 0) is 122 Å². The zero-order valence-corrected chi connectivity index (χ0v) is 86.1. The molecule has 14 heterocycles. The van der Waals surface area contributed by atoms with Gasteiger partial charge in [-0.1, -0.05) is 260 Å². The standard InChI is InChI=1S/C21H29O2S.C20H27OS2.C18H25OS.C18H27OS.C18H25S.C17H25OS.6CH4/c1-5-23-20(22)14-15-12-18-10-11-19(13-15)24(18)17-8-6-16(7-9-17)21(2,3)4;1-19(2,3)13-4-6-14(7-5-13)23-17-11-20(21-8-9-22-20)12-18(23)16-10-15(16)17;1-17(2,3)13-4-6-14(7-5-13)20-15-8-9-16(20)11-18(10-15)12-19-18;1-17(2,3)13-5-7-14(8-6-13)20-15-9-10-16(20)12-18(4,19)11-15;1-13-11-16-9-10-17(12-13)19(16)15-7-5-14(6-8-15)18(2,3)4;1-17(2,3)13-7-9-14(10-8-13)19-15-5-4-6-16(19)12-18-11-15;;;;;;/h6-9,14,18-19H,5,10-13H2,1-4H3;4-7,15-18H,8-12H2,1-3H3;4-7,15-16H,8-12H2,1-3H3;5-8,15-16,19H,9-12H2,1-4H3;5-8,16-17H,1,9-12H2,2-4H3;7-10,15-16H,4-6,11-12H2,1-3H3;6*1H4/q6*+1;;;;;;. The summed E-state index contributed by atoms with van der Waals surface area (Å²) in [6.45, 7) is 53.7. The molecule has 1 N–H and O–H groups in total. The average molecular weight is 1920 g/mol. The quantitative estimate of drug-likeness (QED) is 0.0535. The molecule has 726 valence electrons. The summed E-state index contributed by atoms with van der Waals surface area (Å²) in [6, 6.07) is 56.9. The smallest absolute Gasteiger partial charge is 0.330 e. The lowest BCUT2D eigenvalue weighted by Gasteiger charge is -2.37. The van der Waals surface area contributed by atoms with E-state index in [0.29, 0.717) is 98.6 Å². The Labute approximate surface area is 823 Å². The third-order valence-electron chi connectivity index (χ3n) is 30.5. The Balaban J connectivity index is 0.000000162. The van der Waals surface area contributed by atoms with Gasteiger partial charge in [-0.15, -0.1) is 11.8 Å². The predicted molar refractivity (Wildman–Crippen MR) is 584 cm³/mol. The van der Waals surface area contributed by atoms with Crippen LogP contribution >= 0.6 is 11.8 Å². The van der Waals surface area contributed by atoms with Crippen molar-refractivity contribution in [2.75, 3.05) is 38.8 Å². The summed E-state index contributed by atoms with van der Waals surface area (Å²) in [5, 5.41) is 20.2. The Hall–Kier alpha value is -3.44. The first-order chi connectivity index (χ1) is 59.1. The minimum Gasteiger partial charge on any atom is -0.463 e. The number of epoxide rings is 1. The molecule has 12 bridgehead atoms. The molecule has 131 heavy (non-hydrogen) atoms. The second kappa shape index (κ2) is 43.7. The number of fused-ring (bicyclic) bond motifs is 15. The lowest BCUT2D eigenvalue weighted by molar-refractivity contribution is -0.137. The number of thioether (sulfide) groups is 1. The highest BCUT2D eigenvalue weighted by molar-refractivity contribution is 8.02. The number of carbonyl (C=O) groups excluding carboxylic acids is 1. The van der Waals surface area contributed by atoms with Crippen LogP contribution in [0.25, 0.3) is 0 Å². The van der Waals surface area contributed by atoms with Crippen molar-refractivity contribution in [3.63, 3.8) is 0 Å². The first-order valence-electron chi connectivity index (χ1n) is 48.8. The van der Waals surface area contributed by atoms with E-state index in [-0.39, 0.29) is 88.0 Å². The van der Waals surface area contributed by atoms with Crippen LogP contribution in [-0.4, -0.2) is 129 Å². The van der Waals surface area contributed by atoms with Gasteiger partial charge in [-0.2, -0.15) is 0 Å². The maximum absolute atomic E-state index is 11.7. The number of hydrogen-bond donors (Lipinski definition) is 1. The lowest BCUT2D eigenvalue weighted by atomic mass is 9.87. The summed E-state index contributed by atoms with van der Waals surface area (Å²) in [5.41, 5.74) is 12.8. The van der Waals surface area contributed by atoms with E-state index in [1.165, 1.54) is 176 Å². The molecule has 0 aromatic heterocycles. The number of benzene rings is 6. The average Bonchev–Trinajstić information content (AvgIpc) is 1.53. The van der Waals surface area contributed by atoms with Gasteiger partial charge in [0.05, 0.1) is 38.6 Å². The molecular weight excluding hydrogens is 1740 g/mol. The highest BCUT2D eigenvalue weighted by Crippen LogP contribution is 2.67. The maximum Gasteiger partial charge on any atom is 0.330 e. The van der Waals surface area contributed by atoms with E-state index in [0.717, 1.165) is 106 Å². The molecule has 6 nitrogen and oxygen atoms in total. The molecule has 2 spiro atoms. The first-order valence-corrected chi connectivity index (χ1v) is 57.9. The van der Waals surface area contributed by atoms with E-state index in [1.807, 2.05) is 13.8 Å². The molecule has 14 unspecified atom stereocenters. The molecule has 6 aromatic rings. The second-order valence-electron chi connectivity index (χ2n) is 46.4. The third-order valence-corrected chi connectivity index (χ3v) is 50.2. The topological polar surface area (TPSA) is 77.5 Å². The van der Waals surface area contributed by atoms with Gasteiger partial charge in [0.15, 0.2) is 29.4 Å². The zero-order valence-electron chi connectivity index (χ0n) is 80.4. The molecule has 14 atom stereocenters. The molecule has 13 heteroatoms. The van der Waals surface area contributed by atoms with Crippen molar-refractivity contribution >= 4 is 83.1 Å². The van der Waals surface area contributed by atoms with Crippen LogP contribution < -0.4 is 0 Å². The van der Waals surface area contributed by atoms with Gasteiger partial charge in [-0.05, 0) is 178 Å². The number of rotatable bonds is 8. The summed E-state index contributed by atoms with van der Waals surface area (Å²) in [7, 11) is 2.63. The van der Waals surface area contributed by atoms with Crippen LogP contribution in [0, 0.1) is 11.8 Å². The van der Waals surface area contributed by atoms with Gasteiger partial charge < -0.3 is 24.1 Å². The van der Waals surface area contributed by atoms with Crippen LogP contribution in [0.15, 0.2) is 199 Å². The monoisotopic (exact) mass is 1920 g/mol. The fourth-order valence-electron chi connectivity index (χ4n) is 23.6. The lowest BCUT2D eigenvalue weighted by Crippen LogP contribution is -2.46. The highest BCUT2D eigenvalue weighted by atomic mass is 32.2. The largest absolute Gasteiger partial charge is 0.463 e. The van der Waals surface area contributed by atoms with Gasteiger partial charge in [0, 0.05) is 205 Å². The molecule has 14 aliphatic heterocycles. The Morgan fingerprint density at radius 3 is 0.977 bits per heavy atom. The van der Waals surface area contributed by atoms with Gasteiger partial charge in [0.1, 0.15) is 73.5 Å². The van der Waals surface area contributed by atoms with Crippen molar-refractivity contribution in [1.29, 1.82) is 0 Å². The fraction of sp³-hybridized carbons (Fsp3) is 0.653. The minimum atomic E-state index is -0.416. The van der Waals surface area contributed by atoms with E-state index >= 15 is 0 Å². The fourth-order valence-corrected chi connectivity index (χ4v) is 45.9. The molecule has 14 saturated heterocycles. The van der Waals surface area contributed by atoms with Crippen LogP contribution in [0.4, 0.5) is 0 Å². The van der Waals surface area contributed by atoms with Crippen molar-refractivity contribution in [2.24, 2.45) is 11.8 Å². The van der Waals surface area contributed by atoms with Crippen molar-refractivity contribution in [2.45, 2.75) is 465 Å². The number of hydrogen-bond acceptors (Lipinski definition) is 7. The van der Waals surface area contributed by atoms with E-state index in [1.54, 1.807) is 25.7 Å². The van der Waals surface area contributed by atoms with Crippen molar-refractivity contribution in [3.8, 4) is 0 Å². The number of allylic oxidation sites excluding steroid dienone is 2. The van der Waals surface area contributed by atoms with E-state index in [9.17, 15) is 9.90 Å². The van der Waals surface area contributed by atoms with Crippen LogP contribution in [0.5, 0.6) is 0 Å². The predicted octanol–water partition coefficient (Wildman–Crippen LogP) is 30.0. The highest BCUT2D eigenvalue weighted by Gasteiger charge is 2.73. The molecule has 15 aliphatic rings. The number of esters is 1. The second-order valence-corrected chi connectivity index (χ2v) is 63.0. The van der Waals surface area contributed by atoms with Crippen molar-refractivity contribution in [1.82, 2.24) is 0 Å². The molecule has 1 aliphatic carbocycles. The first kappa shape index (κ1) is 110. The van der Waals surface area contributed by atoms with Gasteiger partial charge in [0.25, 0.3) is 0 Å². The molecule has 1 saturated carbocycles. The summed E-state index contributed by atoms with van der Waals surface area (Å²) in [6.07, 6.45) is 30.3. The number of carbonyl (C=O) groups is 1. The SMILES string of the molecule is C.C.C.C.C.C.C=C1CC2CCC(C1)[S+]2c1ccc(C(C)(C)C)cc1.CC(C)(C)c1ccc([S+]2C3CC4(CC2C2CC23)OCCS4)cc1.CC(C)(C)c1ccc([S+]2C3CCC2CC2(CO2)C3)cc1.CC(C)(C)c1ccc([S+]2C3CCCC2COC3)cc1.CC1(O)CC2CCC(C1)[S+]2c1ccc(C(C)(C)C)cc1.CCOC(=O)C=C1CC2CCC(C1)[S+]2c1ccc(C(C)(C)C)cc1. The summed E-state index contributed by atoms with van der Waals surface area (Å²) >= 11 is 2.12. The van der Waals surface area contributed by atoms with Gasteiger partial charge >= 0.3 is 5.97 Å². The van der Waals surface area contributed by atoms with Crippen LogP contribution in [0.2, 0.25) is 0 Å². The third kappa shape index (κ3) is 25.5.